The molecule has 7 nitrogen and oxygen atoms in total. The van der Waals surface area contributed by atoms with E-state index in [1.165, 1.54) is 0 Å². The minimum atomic E-state index is -0.908. The minimum absolute atomic E-state index is 0.0185. The summed E-state index contributed by atoms with van der Waals surface area (Å²) < 4.78 is 16.0. The number of carbonyl (C=O) groups is 1. The van der Waals surface area contributed by atoms with E-state index < -0.39 is 11.6 Å². The molecule has 1 heterocycles. The molecule has 0 bridgehead atoms. The maximum atomic E-state index is 12.0. The van der Waals surface area contributed by atoms with Gasteiger partial charge in [0.1, 0.15) is 0 Å². The number of ether oxygens (including phenoxy) is 2. The Morgan fingerprint density at radius 1 is 1.21 bits per heavy atom. The van der Waals surface area contributed by atoms with Crippen molar-refractivity contribution in [3.63, 3.8) is 0 Å². The highest BCUT2D eigenvalue weighted by atomic mass is 16.5. The quantitative estimate of drug-likeness (QED) is 0.535. The van der Waals surface area contributed by atoms with Gasteiger partial charge in [0.15, 0.2) is 17.1 Å². The van der Waals surface area contributed by atoms with Crippen molar-refractivity contribution in [2.75, 3.05) is 13.2 Å². The van der Waals surface area contributed by atoms with Gasteiger partial charge in [-0.2, -0.15) is 0 Å². The fourth-order valence-electron chi connectivity index (χ4n) is 2.13. The normalized spacial score (nSPS) is 10.7. The van der Waals surface area contributed by atoms with Gasteiger partial charge < -0.3 is 24.1 Å². The number of hydrogen-bond acceptors (Lipinski definition) is 6. The van der Waals surface area contributed by atoms with E-state index in [2.05, 4.69) is 0 Å². The molecule has 2 rings (SSSR count). The third-order valence-electron chi connectivity index (χ3n) is 3.37. The Kier molecular flexibility index (Phi) is 6.06. The lowest BCUT2D eigenvalue weighted by molar-refractivity contribution is -0.137. The van der Waals surface area contributed by atoms with Crippen LogP contribution in [0.15, 0.2) is 27.4 Å². The van der Waals surface area contributed by atoms with Crippen LogP contribution >= 0.6 is 0 Å². The van der Waals surface area contributed by atoms with Crippen LogP contribution in [0.3, 0.4) is 0 Å². The topological polar surface area (TPSA) is 106 Å². The van der Waals surface area contributed by atoms with Gasteiger partial charge >= 0.3 is 11.6 Å². The summed E-state index contributed by atoms with van der Waals surface area (Å²) in [6.45, 7) is 2.45. The number of carboxylic acid groups (broad SMARTS) is 1. The van der Waals surface area contributed by atoms with E-state index in [9.17, 15) is 14.7 Å². The lowest BCUT2D eigenvalue weighted by Crippen LogP contribution is -2.09. The van der Waals surface area contributed by atoms with Crippen LogP contribution in [0.5, 0.6) is 17.2 Å². The van der Waals surface area contributed by atoms with Crippen molar-refractivity contribution in [1.82, 2.24) is 0 Å². The zero-order chi connectivity index (χ0) is 17.5. The van der Waals surface area contributed by atoms with Gasteiger partial charge in [-0.05, 0) is 25.0 Å². The van der Waals surface area contributed by atoms with Crippen LogP contribution in [0.1, 0.15) is 32.6 Å². The number of para-hydroxylation sites is 1. The number of aliphatic carboxylic acids is 1. The van der Waals surface area contributed by atoms with Crippen molar-refractivity contribution in [2.24, 2.45) is 0 Å². The molecule has 0 radical (unpaired) electrons. The molecule has 130 valence electrons. The predicted molar refractivity (Wildman–Crippen MR) is 86.9 cm³/mol. The van der Waals surface area contributed by atoms with Crippen molar-refractivity contribution in [2.45, 2.75) is 32.6 Å². The molecule has 0 atom stereocenters. The molecular formula is C17H20O7. The molecule has 24 heavy (non-hydrogen) atoms. The Morgan fingerprint density at radius 3 is 2.67 bits per heavy atom. The first kappa shape index (κ1) is 17.7. The van der Waals surface area contributed by atoms with Gasteiger partial charge in [-0.3, -0.25) is 4.79 Å². The molecule has 2 N–H and O–H groups in total. The Bertz CT molecular complexity index is 763. The van der Waals surface area contributed by atoms with Gasteiger partial charge in [0.25, 0.3) is 0 Å². The predicted octanol–water partition coefficient (Wildman–Crippen LogP) is 2.92. The second kappa shape index (κ2) is 8.24. The van der Waals surface area contributed by atoms with Gasteiger partial charge in [0.2, 0.25) is 5.75 Å². The Morgan fingerprint density at radius 2 is 1.96 bits per heavy atom. The van der Waals surface area contributed by atoms with Gasteiger partial charge in [0, 0.05) is 6.42 Å². The number of carboxylic acids is 1. The monoisotopic (exact) mass is 336 g/mol. The summed E-state index contributed by atoms with van der Waals surface area (Å²) in [5.41, 5.74) is -0.671. The van der Waals surface area contributed by atoms with Gasteiger partial charge in [0.05, 0.1) is 18.6 Å². The van der Waals surface area contributed by atoms with Crippen LogP contribution < -0.4 is 15.1 Å². The van der Waals surface area contributed by atoms with Crippen molar-refractivity contribution >= 4 is 16.9 Å². The summed E-state index contributed by atoms with van der Waals surface area (Å²) in [6, 6.07) is 4.82. The highest BCUT2D eigenvalue weighted by Crippen LogP contribution is 2.35. The lowest BCUT2D eigenvalue weighted by Gasteiger charge is -2.11. The van der Waals surface area contributed by atoms with Crippen molar-refractivity contribution in [1.29, 1.82) is 0 Å². The first-order chi connectivity index (χ1) is 11.5. The molecule has 0 aliphatic rings. The van der Waals surface area contributed by atoms with Gasteiger partial charge in [-0.1, -0.05) is 19.4 Å². The van der Waals surface area contributed by atoms with Crippen molar-refractivity contribution < 1.29 is 28.9 Å². The average Bonchev–Trinajstić information content (AvgIpc) is 2.55. The molecule has 1 aromatic heterocycles. The largest absolute Gasteiger partial charge is 0.504 e. The second-order valence-electron chi connectivity index (χ2n) is 5.25. The first-order valence-corrected chi connectivity index (χ1v) is 7.80. The number of fused-ring (bicyclic) bond motifs is 1. The highest BCUT2D eigenvalue weighted by molar-refractivity contribution is 5.89. The highest BCUT2D eigenvalue weighted by Gasteiger charge is 2.18. The minimum Gasteiger partial charge on any atom is -0.504 e. The number of aromatic hydroxyl groups is 1. The van der Waals surface area contributed by atoms with Crippen LogP contribution in [-0.4, -0.2) is 29.4 Å². The summed E-state index contributed by atoms with van der Waals surface area (Å²) in [7, 11) is 0. The third kappa shape index (κ3) is 4.18. The molecule has 2 aromatic rings. The molecule has 7 heteroatoms. The SMILES string of the molecule is CCCCOc1c(O)c2cccc(OCCCC(=O)O)c2oc1=O. The van der Waals surface area contributed by atoms with Crippen molar-refractivity contribution in [3.05, 3.63) is 28.6 Å². The summed E-state index contributed by atoms with van der Waals surface area (Å²) >= 11 is 0. The standard InChI is InChI=1S/C17H20O7/c1-2-3-9-23-16-14(20)11-6-4-7-12(15(11)24-17(16)21)22-10-5-8-13(18)19/h4,6-7,20H,2-3,5,8-10H2,1H3,(H,18,19). The maximum Gasteiger partial charge on any atom is 0.383 e. The Balaban J connectivity index is 2.26. The van der Waals surface area contributed by atoms with Crippen molar-refractivity contribution in [3.8, 4) is 17.2 Å². The summed E-state index contributed by atoms with van der Waals surface area (Å²) in [4.78, 5) is 22.5. The van der Waals surface area contributed by atoms with Gasteiger partial charge in [-0.25, -0.2) is 4.79 Å². The molecule has 0 aliphatic carbocycles. The van der Waals surface area contributed by atoms with E-state index in [0.29, 0.717) is 18.4 Å². The second-order valence-corrected chi connectivity index (χ2v) is 5.25. The number of hydrogen-bond donors (Lipinski definition) is 2. The molecule has 0 unspecified atom stereocenters. The average molecular weight is 336 g/mol. The number of rotatable bonds is 9. The fraction of sp³-hybridized carbons (Fsp3) is 0.412. The molecule has 1 aromatic carbocycles. The van der Waals surface area contributed by atoms with E-state index in [1.54, 1.807) is 18.2 Å². The van der Waals surface area contributed by atoms with E-state index >= 15 is 0 Å². The van der Waals surface area contributed by atoms with E-state index in [0.717, 1.165) is 12.8 Å². The molecule has 0 fully saturated rings. The van der Waals surface area contributed by atoms with Crippen LogP contribution in [0.25, 0.3) is 11.0 Å². The first-order valence-electron chi connectivity index (χ1n) is 7.80. The smallest absolute Gasteiger partial charge is 0.383 e. The summed E-state index contributed by atoms with van der Waals surface area (Å²) in [5.74, 6) is -1.13. The van der Waals surface area contributed by atoms with Crippen LogP contribution in [0, 0.1) is 0 Å². The van der Waals surface area contributed by atoms with Crippen LogP contribution in [0.4, 0.5) is 0 Å². The molecule has 0 amide bonds. The Hall–Kier alpha value is -2.70. The maximum absolute atomic E-state index is 12.0. The summed E-state index contributed by atoms with van der Waals surface area (Å²) in [5, 5.41) is 19.2. The number of benzene rings is 1. The molecule has 0 saturated carbocycles. The molecular weight excluding hydrogens is 316 g/mol. The fourth-order valence-corrected chi connectivity index (χ4v) is 2.13. The number of unbranched alkanes of at least 4 members (excludes halogenated alkanes) is 1. The Labute approximate surface area is 138 Å². The van der Waals surface area contributed by atoms with E-state index in [1.807, 2.05) is 6.92 Å². The van der Waals surface area contributed by atoms with Gasteiger partial charge in [-0.15, -0.1) is 0 Å². The van der Waals surface area contributed by atoms with E-state index in [4.69, 9.17) is 19.0 Å². The lowest BCUT2D eigenvalue weighted by atomic mass is 10.2. The molecule has 0 aliphatic heterocycles. The van der Waals surface area contributed by atoms with Crippen LogP contribution in [-0.2, 0) is 4.79 Å². The summed E-state index contributed by atoms with van der Waals surface area (Å²) in [6.07, 6.45) is 1.95. The van der Waals surface area contributed by atoms with E-state index in [-0.39, 0.29) is 35.9 Å². The zero-order valence-corrected chi connectivity index (χ0v) is 13.4. The molecule has 0 saturated heterocycles. The van der Waals surface area contributed by atoms with Crippen LogP contribution in [0.2, 0.25) is 0 Å². The third-order valence-corrected chi connectivity index (χ3v) is 3.37. The zero-order valence-electron chi connectivity index (χ0n) is 13.4. The molecule has 0 spiro atoms.